The van der Waals surface area contributed by atoms with Gasteiger partial charge >= 0.3 is 12.4 Å². The van der Waals surface area contributed by atoms with Gasteiger partial charge in [-0.15, -0.1) is 13.2 Å². The van der Waals surface area contributed by atoms with Gasteiger partial charge < -0.3 is 14.5 Å². The molecule has 1 unspecified atom stereocenters. The molecule has 7 nitrogen and oxygen atoms in total. The van der Waals surface area contributed by atoms with E-state index in [1.807, 2.05) is 0 Å². The molecule has 2 aromatic carbocycles. The summed E-state index contributed by atoms with van der Waals surface area (Å²) in [5.41, 5.74) is -0.413. The second kappa shape index (κ2) is 7.66. The highest BCUT2D eigenvalue weighted by molar-refractivity contribution is 6.07. The van der Waals surface area contributed by atoms with Gasteiger partial charge in [0.15, 0.2) is 0 Å². The summed E-state index contributed by atoms with van der Waals surface area (Å²) < 4.78 is 59.3. The van der Waals surface area contributed by atoms with Crippen LogP contribution in [0.25, 0.3) is 11.5 Å². The maximum atomic E-state index is 13.1. The summed E-state index contributed by atoms with van der Waals surface area (Å²) in [5.74, 6) is -1.29. The fourth-order valence-electron chi connectivity index (χ4n) is 3.29. The summed E-state index contributed by atoms with van der Waals surface area (Å²) in [4.78, 5) is 30.6. The lowest BCUT2D eigenvalue weighted by molar-refractivity contribution is -0.274. The van der Waals surface area contributed by atoms with Gasteiger partial charge in [0, 0.05) is 5.56 Å². The highest BCUT2D eigenvalue weighted by atomic mass is 19.4. The molecule has 1 atom stereocenters. The molecule has 32 heavy (non-hydrogen) atoms. The number of benzene rings is 2. The van der Waals surface area contributed by atoms with Crippen LogP contribution in [0.4, 0.5) is 22.4 Å². The van der Waals surface area contributed by atoms with Crippen LogP contribution in [0.1, 0.15) is 18.2 Å². The number of alkyl halides is 3. The quantitative estimate of drug-likeness (QED) is 0.463. The van der Waals surface area contributed by atoms with Crippen molar-refractivity contribution in [3.05, 3.63) is 71.9 Å². The predicted molar refractivity (Wildman–Crippen MR) is 101 cm³/mol. The van der Waals surface area contributed by atoms with E-state index in [1.165, 1.54) is 49.6 Å². The van der Waals surface area contributed by atoms with Gasteiger partial charge in [0.1, 0.15) is 23.4 Å². The zero-order valence-electron chi connectivity index (χ0n) is 16.4. The van der Waals surface area contributed by atoms with Crippen LogP contribution in [-0.2, 0) is 16.9 Å². The smallest absolute Gasteiger partial charge is 0.444 e. The first kappa shape index (κ1) is 21.3. The van der Waals surface area contributed by atoms with E-state index in [0.717, 1.165) is 17.0 Å². The SMILES string of the molecule is CC1(c2ccc(OC(F)(F)F)cc2)NC(=O)N(Cc2coc(-c3ccc(F)cc3)n2)C1=O. The highest BCUT2D eigenvalue weighted by Gasteiger charge is 2.49. The third-order valence-electron chi connectivity index (χ3n) is 4.90. The Labute approximate surface area is 178 Å². The van der Waals surface area contributed by atoms with Gasteiger partial charge in [0.25, 0.3) is 5.91 Å². The van der Waals surface area contributed by atoms with Crippen molar-refractivity contribution in [1.29, 1.82) is 0 Å². The topological polar surface area (TPSA) is 84.7 Å². The summed E-state index contributed by atoms with van der Waals surface area (Å²) >= 11 is 0. The second-order valence-electron chi connectivity index (χ2n) is 7.17. The van der Waals surface area contributed by atoms with Gasteiger partial charge in [-0.3, -0.25) is 9.69 Å². The number of halogens is 4. The van der Waals surface area contributed by atoms with E-state index >= 15 is 0 Å². The molecule has 1 fully saturated rings. The van der Waals surface area contributed by atoms with E-state index in [1.54, 1.807) is 0 Å². The molecule has 1 aromatic heterocycles. The molecule has 1 aliphatic heterocycles. The van der Waals surface area contributed by atoms with Crippen LogP contribution in [0.5, 0.6) is 5.75 Å². The van der Waals surface area contributed by atoms with Gasteiger partial charge in [0.05, 0.1) is 12.2 Å². The zero-order valence-corrected chi connectivity index (χ0v) is 16.4. The Kier molecular flexibility index (Phi) is 5.11. The molecule has 0 bridgehead atoms. The molecule has 1 N–H and O–H groups in total. The van der Waals surface area contributed by atoms with Crippen molar-refractivity contribution in [2.45, 2.75) is 25.4 Å². The van der Waals surface area contributed by atoms with Gasteiger partial charge in [-0.2, -0.15) is 0 Å². The van der Waals surface area contributed by atoms with E-state index < -0.39 is 35.4 Å². The lowest BCUT2D eigenvalue weighted by Crippen LogP contribution is -2.40. The number of ether oxygens (including phenoxy) is 1. The van der Waals surface area contributed by atoms with Gasteiger partial charge in [-0.1, -0.05) is 12.1 Å². The minimum atomic E-state index is -4.84. The molecule has 0 spiro atoms. The molecule has 11 heteroatoms. The first-order chi connectivity index (χ1) is 15.0. The Morgan fingerprint density at radius 1 is 1.09 bits per heavy atom. The number of oxazole rings is 1. The summed E-state index contributed by atoms with van der Waals surface area (Å²) in [5, 5.41) is 2.55. The summed E-state index contributed by atoms with van der Waals surface area (Å²) in [6, 6.07) is 9.39. The van der Waals surface area contributed by atoms with Crippen LogP contribution >= 0.6 is 0 Å². The molecule has 1 saturated heterocycles. The maximum Gasteiger partial charge on any atom is 0.573 e. The van der Waals surface area contributed by atoms with E-state index in [4.69, 9.17) is 4.42 Å². The molecule has 0 radical (unpaired) electrons. The third kappa shape index (κ3) is 4.13. The van der Waals surface area contributed by atoms with Crippen LogP contribution in [0.2, 0.25) is 0 Å². The fourth-order valence-corrected chi connectivity index (χ4v) is 3.29. The summed E-state index contributed by atoms with van der Waals surface area (Å²) in [6.45, 7) is 1.25. The van der Waals surface area contributed by atoms with E-state index in [9.17, 15) is 27.2 Å². The molecule has 4 rings (SSSR count). The van der Waals surface area contributed by atoms with Crippen LogP contribution in [-0.4, -0.2) is 28.2 Å². The summed E-state index contributed by atoms with van der Waals surface area (Å²) in [6.07, 6.45) is -3.57. The molecule has 3 amide bonds. The van der Waals surface area contributed by atoms with Crippen LogP contribution in [0.3, 0.4) is 0 Å². The lowest BCUT2D eigenvalue weighted by Gasteiger charge is -2.22. The number of aromatic nitrogens is 1. The van der Waals surface area contributed by atoms with Crippen molar-refractivity contribution >= 4 is 11.9 Å². The first-order valence-electron chi connectivity index (χ1n) is 9.26. The lowest BCUT2D eigenvalue weighted by atomic mass is 9.92. The fraction of sp³-hybridized carbons (Fsp3) is 0.190. The predicted octanol–water partition coefficient (Wildman–Crippen LogP) is 4.35. The average molecular weight is 449 g/mol. The molecule has 166 valence electrons. The second-order valence-corrected chi connectivity index (χ2v) is 7.17. The largest absolute Gasteiger partial charge is 0.573 e. The minimum Gasteiger partial charge on any atom is -0.444 e. The maximum absolute atomic E-state index is 13.1. The Morgan fingerprint density at radius 2 is 1.75 bits per heavy atom. The third-order valence-corrected chi connectivity index (χ3v) is 4.90. The number of carbonyl (C=O) groups excluding carboxylic acids is 2. The molecular formula is C21H15F4N3O4. The Morgan fingerprint density at radius 3 is 2.38 bits per heavy atom. The van der Waals surface area contributed by atoms with Crippen molar-refractivity contribution in [1.82, 2.24) is 15.2 Å². The van der Waals surface area contributed by atoms with Crippen molar-refractivity contribution in [3.63, 3.8) is 0 Å². The molecule has 0 aliphatic carbocycles. The van der Waals surface area contributed by atoms with Gasteiger partial charge in [-0.05, 0) is 48.9 Å². The zero-order chi connectivity index (χ0) is 23.1. The number of hydrogen-bond donors (Lipinski definition) is 1. The first-order valence-corrected chi connectivity index (χ1v) is 9.26. The van der Waals surface area contributed by atoms with E-state index in [0.29, 0.717) is 5.56 Å². The molecular weight excluding hydrogens is 434 g/mol. The Balaban J connectivity index is 1.51. The van der Waals surface area contributed by atoms with Crippen LogP contribution in [0.15, 0.2) is 59.2 Å². The number of nitrogens with zero attached hydrogens (tertiary/aromatic N) is 2. The number of hydrogen-bond acceptors (Lipinski definition) is 5. The van der Waals surface area contributed by atoms with Crippen molar-refractivity contribution in [2.24, 2.45) is 0 Å². The molecule has 3 aromatic rings. The Hall–Kier alpha value is -3.89. The number of amides is 3. The van der Waals surface area contributed by atoms with Crippen molar-refractivity contribution in [2.75, 3.05) is 0 Å². The number of urea groups is 1. The number of carbonyl (C=O) groups is 2. The molecule has 2 heterocycles. The molecule has 0 saturated carbocycles. The summed E-state index contributed by atoms with van der Waals surface area (Å²) in [7, 11) is 0. The number of imide groups is 1. The number of rotatable bonds is 5. The monoisotopic (exact) mass is 449 g/mol. The highest BCUT2D eigenvalue weighted by Crippen LogP contribution is 2.32. The van der Waals surface area contributed by atoms with Gasteiger partial charge in [0.2, 0.25) is 5.89 Å². The van der Waals surface area contributed by atoms with Crippen LogP contribution < -0.4 is 10.1 Å². The Bertz CT molecular complexity index is 1160. The van der Waals surface area contributed by atoms with Gasteiger partial charge in [-0.25, -0.2) is 14.2 Å². The average Bonchev–Trinajstić information content (AvgIpc) is 3.27. The van der Waals surface area contributed by atoms with Crippen LogP contribution in [0, 0.1) is 5.82 Å². The molecule has 1 aliphatic rings. The normalized spacial score (nSPS) is 18.7. The van der Waals surface area contributed by atoms with E-state index in [-0.39, 0.29) is 23.7 Å². The van der Waals surface area contributed by atoms with Crippen molar-refractivity contribution < 1.29 is 36.3 Å². The van der Waals surface area contributed by atoms with Crippen molar-refractivity contribution in [3.8, 4) is 17.2 Å². The standard InChI is InChI=1S/C21H15F4N3O4/c1-20(13-4-8-16(9-5-13)32-21(23,24)25)18(29)28(19(30)27-20)10-15-11-31-17(26-15)12-2-6-14(22)7-3-12/h2-9,11H,10H2,1H3,(H,27,30). The number of nitrogens with one attached hydrogen (secondary N) is 1. The van der Waals surface area contributed by atoms with E-state index in [2.05, 4.69) is 15.0 Å². The minimum absolute atomic E-state index is 0.190.